The molecule has 156 valence electrons. The SMILES string of the molecule is C=CCn1c(SCC(=O)N(Cc2ccccc2)c2ccccc2)nc2sccc2c1=O. The van der Waals surface area contributed by atoms with E-state index < -0.39 is 0 Å². The molecule has 0 N–H and O–H groups in total. The van der Waals surface area contributed by atoms with Gasteiger partial charge in [-0.25, -0.2) is 4.98 Å². The highest BCUT2D eigenvalue weighted by atomic mass is 32.2. The highest BCUT2D eigenvalue weighted by molar-refractivity contribution is 7.99. The minimum absolute atomic E-state index is 0.0502. The summed E-state index contributed by atoms with van der Waals surface area (Å²) in [4.78, 5) is 33.2. The zero-order valence-electron chi connectivity index (χ0n) is 16.8. The second kappa shape index (κ2) is 9.76. The average molecular weight is 448 g/mol. The van der Waals surface area contributed by atoms with Gasteiger partial charge >= 0.3 is 0 Å². The molecular formula is C24H21N3O2S2. The monoisotopic (exact) mass is 447 g/mol. The summed E-state index contributed by atoms with van der Waals surface area (Å²) in [5.41, 5.74) is 1.78. The molecule has 4 rings (SSSR count). The minimum atomic E-state index is -0.106. The van der Waals surface area contributed by atoms with Crippen LogP contribution in [0.3, 0.4) is 0 Å². The first kappa shape index (κ1) is 21.1. The van der Waals surface area contributed by atoms with Gasteiger partial charge in [0.1, 0.15) is 4.83 Å². The van der Waals surface area contributed by atoms with Crippen molar-refractivity contribution in [2.24, 2.45) is 0 Å². The molecule has 0 aliphatic carbocycles. The van der Waals surface area contributed by atoms with Crippen LogP contribution in [0.2, 0.25) is 0 Å². The van der Waals surface area contributed by atoms with Gasteiger partial charge in [-0.05, 0) is 29.1 Å². The van der Waals surface area contributed by atoms with Crippen LogP contribution in [0.15, 0.2) is 94.7 Å². The summed E-state index contributed by atoms with van der Waals surface area (Å²) in [5.74, 6) is 0.119. The lowest BCUT2D eigenvalue weighted by atomic mass is 10.2. The third-order valence-corrected chi connectivity index (χ3v) is 6.51. The lowest BCUT2D eigenvalue weighted by molar-refractivity contribution is -0.116. The van der Waals surface area contributed by atoms with Crippen LogP contribution in [0, 0.1) is 0 Å². The summed E-state index contributed by atoms with van der Waals surface area (Å²) < 4.78 is 1.57. The largest absolute Gasteiger partial charge is 0.307 e. The van der Waals surface area contributed by atoms with Gasteiger partial charge < -0.3 is 4.90 Å². The van der Waals surface area contributed by atoms with Crippen molar-refractivity contribution in [3.05, 3.63) is 101 Å². The molecule has 0 atom stereocenters. The van der Waals surface area contributed by atoms with E-state index in [1.54, 1.807) is 21.6 Å². The first-order chi connectivity index (χ1) is 15.2. The van der Waals surface area contributed by atoms with Gasteiger partial charge in [0.25, 0.3) is 5.56 Å². The van der Waals surface area contributed by atoms with Crippen LogP contribution in [0.5, 0.6) is 0 Å². The maximum atomic E-state index is 13.3. The Morgan fingerprint density at radius 2 is 1.81 bits per heavy atom. The molecule has 2 aromatic carbocycles. The molecule has 0 spiro atoms. The molecule has 0 aliphatic heterocycles. The van der Waals surface area contributed by atoms with Crippen LogP contribution in [-0.2, 0) is 17.9 Å². The number of thioether (sulfide) groups is 1. The number of hydrogen-bond donors (Lipinski definition) is 0. The van der Waals surface area contributed by atoms with Gasteiger partial charge in [-0.1, -0.05) is 66.4 Å². The van der Waals surface area contributed by atoms with Gasteiger partial charge in [0.2, 0.25) is 5.91 Å². The van der Waals surface area contributed by atoms with Crippen LogP contribution in [0.25, 0.3) is 10.2 Å². The van der Waals surface area contributed by atoms with E-state index in [1.807, 2.05) is 66.0 Å². The molecule has 2 aromatic heterocycles. The Labute approximate surface area is 188 Å². The van der Waals surface area contributed by atoms with Crippen molar-refractivity contribution in [3.8, 4) is 0 Å². The minimum Gasteiger partial charge on any atom is -0.307 e. The lowest BCUT2D eigenvalue weighted by Gasteiger charge is -2.23. The number of nitrogens with zero attached hydrogens (tertiary/aromatic N) is 3. The van der Waals surface area contributed by atoms with Gasteiger partial charge in [0.05, 0.1) is 17.7 Å². The number of rotatable bonds is 8. The van der Waals surface area contributed by atoms with E-state index in [-0.39, 0.29) is 17.2 Å². The highest BCUT2D eigenvalue weighted by Crippen LogP contribution is 2.24. The van der Waals surface area contributed by atoms with E-state index in [4.69, 9.17) is 0 Å². The Bertz CT molecular complexity index is 1250. The predicted molar refractivity (Wildman–Crippen MR) is 129 cm³/mol. The van der Waals surface area contributed by atoms with Crippen molar-refractivity contribution in [2.75, 3.05) is 10.7 Å². The summed E-state index contributed by atoms with van der Waals surface area (Å²) in [6, 6.07) is 21.3. The van der Waals surface area contributed by atoms with Gasteiger partial charge in [-0.2, -0.15) is 0 Å². The number of fused-ring (bicyclic) bond motifs is 1. The molecule has 2 heterocycles. The first-order valence-electron chi connectivity index (χ1n) is 9.78. The van der Waals surface area contributed by atoms with E-state index in [0.717, 1.165) is 11.3 Å². The molecular weight excluding hydrogens is 426 g/mol. The summed E-state index contributed by atoms with van der Waals surface area (Å²) in [5, 5.41) is 2.98. The number of thiophene rings is 1. The molecule has 1 amide bonds. The quantitative estimate of drug-likeness (QED) is 0.217. The van der Waals surface area contributed by atoms with Gasteiger partial charge in [-0.15, -0.1) is 17.9 Å². The number of benzene rings is 2. The Hall–Kier alpha value is -3.16. The Morgan fingerprint density at radius 3 is 2.52 bits per heavy atom. The summed E-state index contributed by atoms with van der Waals surface area (Å²) >= 11 is 2.70. The van der Waals surface area contributed by atoms with E-state index >= 15 is 0 Å². The maximum absolute atomic E-state index is 13.3. The molecule has 4 aromatic rings. The van der Waals surface area contributed by atoms with Gasteiger partial charge in [-0.3, -0.25) is 14.2 Å². The lowest BCUT2D eigenvalue weighted by Crippen LogP contribution is -2.32. The molecule has 7 heteroatoms. The van der Waals surface area contributed by atoms with Crippen LogP contribution < -0.4 is 10.5 Å². The Balaban J connectivity index is 1.60. The van der Waals surface area contributed by atoms with E-state index in [9.17, 15) is 9.59 Å². The average Bonchev–Trinajstić information content (AvgIpc) is 3.28. The number of carbonyl (C=O) groups excluding carboxylic acids is 1. The van der Waals surface area contributed by atoms with Crippen LogP contribution in [0.1, 0.15) is 5.56 Å². The second-order valence-corrected chi connectivity index (χ2v) is 8.67. The van der Waals surface area contributed by atoms with Crippen molar-refractivity contribution < 1.29 is 4.79 Å². The Morgan fingerprint density at radius 1 is 1.10 bits per heavy atom. The molecule has 0 radical (unpaired) electrons. The third-order valence-electron chi connectivity index (χ3n) is 4.74. The smallest absolute Gasteiger partial charge is 0.263 e. The maximum Gasteiger partial charge on any atom is 0.263 e. The zero-order valence-corrected chi connectivity index (χ0v) is 18.4. The molecule has 31 heavy (non-hydrogen) atoms. The molecule has 0 bridgehead atoms. The van der Waals surface area contributed by atoms with Crippen molar-refractivity contribution >= 4 is 44.9 Å². The number of hydrogen-bond acceptors (Lipinski definition) is 5. The molecule has 0 saturated heterocycles. The summed E-state index contributed by atoms with van der Waals surface area (Å²) in [6.07, 6.45) is 1.67. The van der Waals surface area contributed by atoms with Gasteiger partial charge in [0, 0.05) is 12.2 Å². The van der Waals surface area contributed by atoms with E-state index in [1.165, 1.54) is 23.1 Å². The first-order valence-corrected chi connectivity index (χ1v) is 11.6. The fraction of sp³-hybridized carbons (Fsp3) is 0.125. The summed E-state index contributed by atoms with van der Waals surface area (Å²) in [7, 11) is 0. The van der Waals surface area contributed by atoms with Crippen LogP contribution in [-0.4, -0.2) is 21.2 Å². The topological polar surface area (TPSA) is 55.2 Å². The van der Waals surface area contributed by atoms with Crippen LogP contribution in [0.4, 0.5) is 5.69 Å². The number of allylic oxidation sites excluding steroid dienone is 1. The van der Waals surface area contributed by atoms with Gasteiger partial charge in [0.15, 0.2) is 5.16 Å². The predicted octanol–water partition coefficient (Wildman–Crippen LogP) is 4.97. The number of aromatic nitrogens is 2. The standard InChI is InChI=1S/C24H21N3O2S2/c1-2-14-26-23(29)20-13-15-30-22(20)25-24(26)31-17-21(28)27(19-11-7-4-8-12-19)16-18-9-5-3-6-10-18/h2-13,15H,1,14,16-17H2. The normalized spacial score (nSPS) is 10.8. The molecule has 0 saturated carbocycles. The highest BCUT2D eigenvalue weighted by Gasteiger charge is 2.19. The Kier molecular flexibility index (Phi) is 6.64. The van der Waals surface area contributed by atoms with Crippen molar-refractivity contribution in [3.63, 3.8) is 0 Å². The molecule has 0 unspecified atom stereocenters. The van der Waals surface area contributed by atoms with E-state index in [2.05, 4.69) is 11.6 Å². The summed E-state index contributed by atoms with van der Waals surface area (Å²) in [6.45, 7) is 4.57. The van der Waals surface area contributed by atoms with Crippen molar-refractivity contribution in [2.45, 2.75) is 18.2 Å². The fourth-order valence-corrected chi connectivity index (χ4v) is 4.92. The van der Waals surface area contributed by atoms with E-state index in [0.29, 0.717) is 28.5 Å². The van der Waals surface area contributed by atoms with Crippen molar-refractivity contribution in [1.29, 1.82) is 0 Å². The number of carbonyl (C=O) groups is 1. The third kappa shape index (κ3) is 4.78. The number of anilines is 1. The zero-order chi connectivity index (χ0) is 21.6. The fourth-order valence-electron chi connectivity index (χ4n) is 3.23. The number of amides is 1. The molecule has 0 fully saturated rings. The number of para-hydroxylation sites is 1. The second-order valence-electron chi connectivity index (χ2n) is 6.83. The van der Waals surface area contributed by atoms with Crippen LogP contribution >= 0.6 is 23.1 Å². The van der Waals surface area contributed by atoms with Crippen molar-refractivity contribution in [1.82, 2.24) is 9.55 Å². The molecule has 0 aliphatic rings. The molecule has 5 nitrogen and oxygen atoms in total.